The number of ether oxygens (including phenoxy) is 2. The summed E-state index contributed by atoms with van der Waals surface area (Å²) in [4.78, 5) is 11.5. The number of alkyl halides is 1. The molecule has 0 spiro atoms. The Balaban J connectivity index is 2.18. The number of rotatable bonds is 3. The van der Waals surface area contributed by atoms with E-state index in [1.165, 1.54) is 0 Å². The molecule has 16 heavy (non-hydrogen) atoms. The predicted octanol–water partition coefficient (Wildman–Crippen LogP) is 2.46. The standard InChI is InChI=1S/C12H13ClO3/c1-2-15-12(14)11(13)9-3-4-10-8(7-9)5-6-16-10/h3-4,7,11H,2,5-6H2,1H3. The lowest BCUT2D eigenvalue weighted by atomic mass is 10.1. The van der Waals surface area contributed by atoms with E-state index in [4.69, 9.17) is 21.1 Å². The summed E-state index contributed by atoms with van der Waals surface area (Å²) in [6.07, 6.45) is 0.871. The lowest BCUT2D eigenvalue weighted by molar-refractivity contribution is -0.142. The van der Waals surface area contributed by atoms with Gasteiger partial charge < -0.3 is 9.47 Å². The number of hydrogen-bond donors (Lipinski definition) is 0. The third-order valence-corrected chi connectivity index (χ3v) is 2.93. The highest BCUT2D eigenvalue weighted by molar-refractivity contribution is 6.29. The van der Waals surface area contributed by atoms with Crippen LogP contribution < -0.4 is 4.74 Å². The van der Waals surface area contributed by atoms with Crippen molar-refractivity contribution in [3.8, 4) is 5.75 Å². The molecule has 1 aliphatic rings. The van der Waals surface area contributed by atoms with E-state index in [1.807, 2.05) is 12.1 Å². The van der Waals surface area contributed by atoms with Crippen LogP contribution in [-0.2, 0) is 16.0 Å². The smallest absolute Gasteiger partial charge is 0.328 e. The van der Waals surface area contributed by atoms with Crippen molar-refractivity contribution in [2.24, 2.45) is 0 Å². The predicted molar refractivity (Wildman–Crippen MR) is 60.9 cm³/mol. The Morgan fingerprint density at radius 2 is 2.44 bits per heavy atom. The highest BCUT2D eigenvalue weighted by Gasteiger charge is 2.21. The molecule has 0 bridgehead atoms. The minimum Gasteiger partial charge on any atom is -0.493 e. The average Bonchev–Trinajstić information content (AvgIpc) is 2.75. The summed E-state index contributed by atoms with van der Waals surface area (Å²) in [7, 11) is 0. The van der Waals surface area contributed by atoms with E-state index >= 15 is 0 Å². The van der Waals surface area contributed by atoms with Crippen LogP contribution in [0.4, 0.5) is 0 Å². The van der Waals surface area contributed by atoms with Crippen LogP contribution in [-0.4, -0.2) is 19.2 Å². The first-order chi connectivity index (χ1) is 7.72. The summed E-state index contributed by atoms with van der Waals surface area (Å²) in [6, 6.07) is 5.57. The van der Waals surface area contributed by atoms with E-state index in [2.05, 4.69) is 0 Å². The summed E-state index contributed by atoms with van der Waals surface area (Å²) in [5.41, 5.74) is 1.87. The number of hydrogen-bond acceptors (Lipinski definition) is 3. The molecule has 0 radical (unpaired) electrons. The molecule has 0 fully saturated rings. The highest BCUT2D eigenvalue weighted by Crippen LogP contribution is 2.30. The number of carbonyl (C=O) groups excluding carboxylic acids is 1. The van der Waals surface area contributed by atoms with Crippen LogP contribution >= 0.6 is 11.6 Å². The lowest BCUT2D eigenvalue weighted by Gasteiger charge is -2.09. The minimum atomic E-state index is -0.731. The van der Waals surface area contributed by atoms with Crippen molar-refractivity contribution in [1.29, 1.82) is 0 Å². The van der Waals surface area contributed by atoms with E-state index in [0.29, 0.717) is 13.2 Å². The average molecular weight is 241 g/mol. The van der Waals surface area contributed by atoms with Crippen LogP contribution in [0.3, 0.4) is 0 Å². The fourth-order valence-electron chi connectivity index (χ4n) is 1.72. The second kappa shape index (κ2) is 4.74. The Kier molecular flexibility index (Phi) is 3.34. The number of fused-ring (bicyclic) bond motifs is 1. The zero-order valence-electron chi connectivity index (χ0n) is 9.03. The van der Waals surface area contributed by atoms with E-state index in [0.717, 1.165) is 23.3 Å². The van der Waals surface area contributed by atoms with Gasteiger partial charge >= 0.3 is 5.97 Å². The lowest BCUT2D eigenvalue weighted by Crippen LogP contribution is -2.11. The van der Waals surface area contributed by atoms with Gasteiger partial charge in [-0.15, -0.1) is 11.6 Å². The maximum Gasteiger partial charge on any atom is 0.328 e. The van der Waals surface area contributed by atoms with Gasteiger partial charge in [0, 0.05) is 6.42 Å². The normalized spacial score (nSPS) is 15.1. The van der Waals surface area contributed by atoms with Gasteiger partial charge in [-0.05, 0) is 30.2 Å². The first-order valence-electron chi connectivity index (χ1n) is 5.28. The van der Waals surface area contributed by atoms with Crippen LogP contribution in [0.5, 0.6) is 5.75 Å². The van der Waals surface area contributed by atoms with Crippen LogP contribution in [0.15, 0.2) is 18.2 Å². The monoisotopic (exact) mass is 240 g/mol. The summed E-state index contributed by atoms with van der Waals surface area (Å²) in [5.74, 6) is 0.486. The van der Waals surface area contributed by atoms with Crippen LogP contribution in [0.1, 0.15) is 23.4 Å². The number of esters is 1. The maximum atomic E-state index is 11.5. The quantitative estimate of drug-likeness (QED) is 0.602. The number of benzene rings is 1. The van der Waals surface area contributed by atoms with Crippen LogP contribution in [0.25, 0.3) is 0 Å². The molecule has 4 heteroatoms. The van der Waals surface area contributed by atoms with E-state index < -0.39 is 11.3 Å². The Morgan fingerprint density at radius 3 is 3.19 bits per heavy atom. The second-order valence-electron chi connectivity index (χ2n) is 3.58. The molecule has 1 aliphatic heterocycles. The number of halogens is 1. The first kappa shape index (κ1) is 11.3. The summed E-state index contributed by atoms with van der Waals surface area (Å²) < 4.78 is 10.3. The van der Waals surface area contributed by atoms with E-state index in [1.54, 1.807) is 13.0 Å². The Labute approximate surface area is 99.3 Å². The van der Waals surface area contributed by atoms with Gasteiger partial charge in [-0.25, -0.2) is 0 Å². The Morgan fingerprint density at radius 1 is 1.62 bits per heavy atom. The molecule has 1 unspecified atom stereocenters. The first-order valence-corrected chi connectivity index (χ1v) is 5.72. The topological polar surface area (TPSA) is 35.5 Å². The maximum absolute atomic E-state index is 11.5. The molecule has 0 amide bonds. The van der Waals surface area contributed by atoms with Gasteiger partial charge in [0.1, 0.15) is 5.75 Å². The van der Waals surface area contributed by atoms with Crippen molar-refractivity contribution in [1.82, 2.24) is 0 Å². The molecule has 0 saturated carbocycles. The van der Waals surface area contributed by atoms with Crippen molar-refractivity contribution in [2.75, 3.05) is 13.2 Å². The third-order valence-electron chi connectivity index (χ3n) is 2.50. The fraction of sp³-hybridized carbons (Fsp3) is 0.417. The minimum absolute atomic E-state index is 0.343. The molecule has 1 atom stereocenters. The van der Waals surface area contributed by atoms with Crippen molar-refractivity contribution >= 4 is 17.6 Å². The van der Waals surface area contributed by atoms with Gasteiger partial charge in [-0.2, -0.15) is 0 Å². The van der Waals surface area contributed by atoms with Crippen molar-refractivity contribution in [2.45, 2.75) is 18.7 Å². The SMILES string of the molecule is CCOC(=O)C(Cl)c1ccc2c(c1)CCO2. The Bertz CT molecular complexity index is 403. The van der Waals surface area contributed by atoms with Gasteiger partial charge in [0.25, 0.3) is 0 Å². The highest BCUT2D eigenvalue weighted by atomic mass is 35.5. The molecule has 86 valence electrons. The molecule has 3 nitrogen and oxygen atoms in total. The molecule has 0 N–H and O–H groups in total. The largest absolute Gasteiger partial charge is 0.493 e. The molecule has 0 aromatic heterocycles. The van der Waals surface area contributed by atoms with Gasteiger partial charge in [-0.3, -0.25) is 4.79 Å². The second-order valence-corrected chi connectivity index (χ2v) is 4.02. The number of carbonyl (C=O) groups is 1. The molecule has 1 heterocycles. The molecule has 0 aliphatic carbocycles. The molecule has 1 aromatic carbocycles. The van der Waals surface area contributed by atoms with E-state index in [-0.39, 0.29) is 0 Å². The molecule has 1 aromatic rings. The van der Waals surface area contributed by atoms with Gasteiger partial charge in [-0.1, -0.05) is 6.07 Å². The van der Waals surface area contributed by atoms with Crippen LogP contribution in [0, 0.1) is 0 Å². The van der Waals surface area contributed by atoms with Crippen molar-refractivity contribution in [3.05, 3.63) is 29.3 Å². The summed E-state index contributed by atoms with van der Waals surface area (Å²) in [5, 5.41) is -0.731. The third kappa shape index (κ3) is 2.14. The molecular formula is C12H13ClO3. The molecular weight excluding hydrogens is 228 g/mol. The van der Waals surface area contributed by atoms with Gasteiger partial charge in [0.05, 0.1) is 13.2 Å². The Hall–Kier alpha value is -1.22. The molecule has 0 saturated heterocycles. The zero-order valence-corrected chi connectivity index (χ0v) is 9.79. The van der Waals surface area contributed by atoms with Crippen molar-refractivity contribution < 1.29 is 14.3 Å². The fourth-order valence-corrected chi connectivity index (χ4v) is 1.91. The summed E-state index contributed by atoms with van der Waals surface area (Å²) in [6.45, 7) is 2.80. The van der Waals surface area contributed by atoms with E-state index in [9.17, 15) is 4.79 Å². The van der Waals surface area contributed by atoms with Crippen molar-refractivity contribution in [3.63, 3.8) is 0 Å². The molecule has 2 rings (SSSR count). The zero-order chi connectivity index (χ0) is 11.5. The summed E-state index contributed by atoms with van der Waals surface area (Å²) >= 11 is 6.02. The van der Waals surface area contributed by atoms with Crippen LogP contribution in [0.2, 0.25) is 0 Å². The van der Waals surface area contributed by atoms with Gasteiger partial charge in [0.2, 0.25) is 0 Å². The van der Waals surface area contributed by atoms with Gasteiger partial charge in [0.15, 0.2) is 5.38 Å².